The predicted octanol–water partition coefficient (Wildman–Crippen LogP) is 2.74. The Morgan fingerprint density at radius 1 is 1.45 bits per heavy atom. The lowest BCUT2D eigenvalue weighted by molar-refractivity contribution is 0.0618. The lowest BCUT2D eigenvalue weighted by Crippen LogP contribution is -2.45. The molecular formula is C17H28N2O. The van der Waals surface area contributed by atoms with Crippen LogP contribution in [0.15, 0.2) is 24.3 Å². The lowest BCUT2D eigenvalue weighted by Gasteiger charge is -2.40. The SMILES string of the molecule is COCC1CCCN(C(c2cccc(C)c2)C(C)N)C1. The second-order valence-electron chi connectivity index (χ2n) is 6.18. The Morgan fingerprint density at radius 3 is 2.90 bits per heavy atom. The number of aryl methyl sites for hydroxylation is 1. The molecule has 0 aliphatic carbocycles. The van der Waals surface area contributed by atoms with E-state index < -0.39 is 0 Å². The van der Waals surface area contributed by atoms with Crippen LogP contribution in [0.3, 0.4) is 0 Å². The largest absolute Gasteiger partial charge is 0.384 e. The molecule has 0 aromatic heterocycles. The number of benzene rings is 1. The van der Waals surface area contributed by atoms with Gasteiger partial charge in [0, 0.05) is 25.7 Å². The van der Waals surface area contributed by atoms with Gasteiger partial charge in [-0.2, -0.15) is 0 Å². The van der Waals surface area contributed by atoms with Crippen molar-refractivity contribution in [1.29, 1.82) is 0 Å². The summed E-state index contributed by atoms with van der Waals surface area (Å²) in [5.41, 5.74) is 8.95. The van der Waals surface area contributed by atoms with Crippen molar-refractivity contribution in [3.05, 3.63) is 35.4 Å². The predicted molar refractivity (Wildman–Crippen MR) is 83.7 cm³/mol. The summed E-state index contributed by atoms with van der Waals surface area (Å²) < 4.78 is 5.34. The number of nitrogens with zero attached hydrogens (tertiary/aromatic N) is 1. The van der Waals surface area contributed by atoms with Crippen molar-refractivity contribution in [3.63, 3.8) is 0 Å². The van der Waals surface area contributed by atoms with Crippen molar-refractivity contribution in [2.45, 2.75) is 38.8 Å². The van der Waals surface area contributed by atoms with E-state index in [-0.39, 0.29) is 6.04 Å². The first-order chi connectivity index (χ1) is 9.61. The van der Waals surface area contributed by atoms with Crippen LogP contribution < -0.4 is 5.73 Å². The molecule has 3 unspecified atom stereocenters. The molecule has 0 saturated carbocycles. The summed E-state index contributed by atoms with van der Waals surface area (Å²) in [7, 11) is 1.79. The molecule has 2 rings (SSSR count). The maximum Gasteiger partial charge on any atom is 0.0502 e. The summed E-state index contributed by atoms with van der Waals surface area (Å²) in [5, 5.41) is 0. The van der Waals surface area contributed by atoms with Crippen LogP contribution in [0.1, 0.15) is 36.9 Å². The number of hydrogen-bond donors (Lipinski definition) is 1. The van der Waals surface area contributed by atoms with E-state index in [1.54, 1.807) is 7.11 Å². The van der Waals surface area contributed by atoms with Crippen LogP contribution in [0.5, 0.6) is 0 Å². The third-order valence-electron chi connectivity index (χ3n) is 4.23. The van der Waals surface area contributed by atoms with Crippen molar-refractivity contribution in [2.75, 3.05) is 26.8 Å². The fourth-order valence-corrected chi connectivity index (χ4v) is 3.42. The normalized spacial score (nSPS) is 23.5. The molecule has 3 heteroatoms. The average molecular weight is 276 g/mol. The molecule has 1 aromatic carbocycles. The summed E-state index contributed by atoms with van der Waals surface area (Å²) in [6, 6.07) is 9.21. The van der Waals surface area contributed by atoms with Gasteiger partial charge in [0.2, 0.25) is 0 Å². The zero-order valence-corrected chi connectivity index (χ0v) is 13.0. The Morgan fingerprint density at radius 2 is 2.25 bits per heavy atom. The summed E-state index contributed by atoms with van der Waals surface area (Å²) in [6.07, 6.45) is 2.51. The number of hydrogen-bond acceptors (Lipinski definition) is 3. The van der Waals surface area contributed by atoms with E-state index in [9.17, 15) is 0 Å². The van der Waals surface area contributed by atoms with Crippen molar-refractivity contribution in [2.24, 2.45) is 11.7 Å². The monoisotopic (exact) mass is 276 g/mol. The van der Waals surface area contributed by atoms with Crippen LogP contribution in [0.2, 0.25) is 0 Å². The van der Waals surface area contributed by atoms with Gasteiger partial charge in [0.05, 0.1) is 6.61 Å². The highest BCUT2D eigenvalue weighted by Crippen LogP contribution is 2.29. The van der Waals surface area contributed by atoms with Crippen molar-refractivity contribution < 1.29 is 4.74 Å². The molecule has 0 amide bonds. The number of piperidine rings is 1. The van der Waals surface area contributed by atoms with Gasteiger partial charge >= 0.3 is 0 Å². The number of ether oxygens (including phenoxy) is 1. The fraction of sp³-hybridized carbons (Fsp3) is 0.647. The standard InChI is InChI=1S/C17H28N2O/c1-13-6-4-8-16(10-13)17(14(2)18)19-9-5-7-15(11-19)12-20-3/h4,6,8,10,14-15,17H,5,7,9,11-12,18H2,1-3H3. The minimum absolute atomic E-state index is 0.137. The highest BCUT2D eigenvalue weighted by molar-refractivity contribution is 5.26. The molecule has 3 atom stereocenters. The lowest BCUT2D eigenvalue weighted by atomic mass is 9.92. The van der Waals surface area contributed by atoms with E-state index in [2.05, 4.69) is 43.0 Å². The smallest absolute Gasteiger partial charge is 0.0502 e. The van der Waals surface area contributed by atoms with Crippen molar-refractivity contribution in [1.82, 2.24) is 4.90 Å². The third kappa shape index (κ3) is 3.81. The quantitative estimate of drug-likeness (QED) is 0.898. The van der Waals surface area contributed by atoms with Gasteiger partial charge in [0.1, 0.15) is 0 Å². The fourth-order valence-electron chi connectivity index (χ4n) is 3.42. The van der Waals surface area contributed by atoms with E-state index in [1.807, 2.05) is 0 Å². The first kappa shape index (κ1) is 15.5. The third-order valence-corrected chi connectivity index (χ3v) is 4.23. The Balaban J connectivity index is 2.16. The second kappa shape index (κ2) is 7.21. The molecule has 112 valence electrons. The minimum Gasteiger partial charge on any atom is -0.384 e. The topological polar surface area (TPSA) is 38.5 Å². The zero-order valence-electron chi connectivity index (χ0n) is 13.0. The summed E-state index contributed by atoms with van der Waals surface area (Å²) >= 11 is 0. The highest BCUT2D eigenvalue weighted by atomic mass is 16.5. The molecule has 1 aromatic rings. The molecule has 2 N–H and O–H groups in total. The maximum absolute atomic E-state index is 6.30. The molecule has 1 saturated heterocycles. The average Bonchev–Trinajstić information content (AvgIpc) is 2.39. The number of nitrogens with two attached hydrogens (primary N) is 1. The van der Waals surface area contributed by atoms with Gasteiger partial charge in [-0.1, -0.05) is 29.8 Å². The molecule has 1 fully saturated rings. The van der Waals surface area contributed by atoms with E-state index in [0.717, 1.165) is 19.7 Å². The van der Waals surface area contributed by atoms with Crippen LogP contribution in [-0.4, -0.2) is 37.7 Å². The maximum atomic E-state index is 6.30. The zero-order chi connectivity index (χ0) is 14.5. The van der Waals surface area contributed by atoms with E-state index in [0.29, 0.717) is 12.0 Å². The van der Waals surface area contributed by atoms with Crippen molar-refractivity contribution >= 4 is 0 Å². The Kier molecular flexibility index (Phi) is 5.58. The first-order valence-electron chi connectivity index (χ1n) is 7.67. The molecule has 0 bridgehead atoms. The Labute approximate surface area is 123 Å². The van der Waals surface area contributed by atoms with Gasteiger partial charge in [0.15, 0.2) is 0 Å². The van der Waals surface area contributed by atoms with Gasteiger partial charge in [-0.3, -0.25) is 4.90 Å². The molecule has 0 spiro atoms. The number of rotatable bonds is 5. The van der Waals surface area contributed by atoms with Crippen molar-refractivity contribution in [3.8, 4) is 0 Å². The van der Waals surface area contributed by atoms with Gasteiger partial charge in [-0.05, 0) is 44.7 Å². The molecule has 0 radical (unpaired) electrons. The van der Waals surface area contributed by atoms with Gasteiger partial charge in [0.25, 0.3) is 0 Å². The molecular weight excluding hydrogens is 248 g/mol. The van der Waals surface area contributed by atoms with Crippen LogP contribution in [0.25, 0.3) is 0 Å². The van der Waals surface area contributed by atoms with Crippen LogP contribution in [0, 0.1) is 12.8 Å². The van der Waals surface area contributed by atoms with Crippen LogP contribution >= 0.6 is 0 Å². The highest BCUT2D eigenvalue weighted by Gasteiger charge is 2.29. The van der Waals surface area contributed by atoms with E-state index in [4.69, 9.17) is 10.5 Å². The van der Waals surface area contributed by atoms with E-state index >= 15 is 0 Å². The van der Waals surface area contributed by atoms with Crippen LogP contribution in [0.4, 0.5) is 0 Å². The number of likely N-dealkylation sites (tertiary alicyclic amines) is 1. The van der Waals surface area contributed by atoms with Gasteiger partial charge in [-0.25, -0.2) is 0 Å². The first-order valence-corrected chi connectivity index (χ1v) is 7.67. The Hall–Kier alpha value is -0.900. The molecule has 1 aliphatic heterocycles. The van der Waals surface area contributed by atoms with Gasteiger partial charge < -0.3 is 10.5 Å². The van der Waals surface area contributed by atoms with Crippen LogP contribution in [-0.2, 0) is 4.74 Å². The minimum atomic E-state index is 0.137. The van der Waals surface area contributed by atoms with E-state index in [1.165, 1.54) is 24.0 Å². The summed E-state index contributed by atoms with van der Waals surface area (Å²) in [5.74, 6) is 0.639. The Bertz CT molecular complexity index is 417. The molecule has 1 heterocycles. The van der Waals surface area contributed by atoms with Gasteiger partial charge in [-0.15, -0.1) is 0 Å². The molecule has 1 aliphatic rings. The summed E-state index contributed by atoms with van der Waals surface area (Å²) in [4.78, 5) is 2.55. The second-order valence-corrected chi connectivity index (χ2v) is 6.18. The molecule has 3 nitrogen and oxygen atoms in total. The molecule has 20 heavy (non-hydrogen) atoms. The number of methoxy groups -OCH3 is 1. The summed E-state index contributed by atoms with van der Waals surface area (Å²) in [6.45, 7) is 7.35.